The van der Waals surface area contributed by atoms with E-state index in [1.165, 1.54) is 25.1 Å². The maximum atomic E-state index is 4.47. The van der Waals surface area contributed by atoms with E-state index in [0.29, 0.717) is 0 Å². The molecule has 0 unspecified atom stereocenters. The van der Waals surface area contributed by atoms with Gasteiger partial charge in [-0.3, -0.25) is 0 Å². The minimum absolute atomic E-state index is 1.00. The van der Waals surface area contributed by atoms with E-state index in [2.05, 4.69) is 34.9 Å². The van der Waals surface area contributed by atoms with Gasteiger partial charge >= 0.3 is 0 Å². The standard InChI is InChI=1S/C3H8N2.C3H3NO.C2H2N2O/c2*1-2-5-3-4-1;1-2-5-4-3-1/h4-5H,1-3H2;1-3H;1-2H. The summed E-state index contributed by atoms with van der Waals surface area (Å²) in [6, 6.07) is 0. The number of hydrogen-bond acceptors (Lipinski definition) is 7. The first-order chi connectivity index (χ1) is 7.50. The fourth-order valence-corrected chi connectivity index (χ4v) is 0.754. The molecular weight excluding hydrogens is 198 g/mol. The molecule has 0 spiro atoms. The molecule has 1 aliphatic rings. The quantitative estimate of drug-likeness (QED) is 0.628. The Labute approximate surface area is 86.9 Å². The molecule has 15 heavy (non-hydrogen) atoms. The first-order valence-electron chi connectivity index (χ1n) is 4.45. The largest absolute Gasteiger partial charge is 0.452 e. The Morgan fingerprint density at radius 2 is 1.93 bits per heavy atom. The van der Waals surface area contributed by atoms with E-state index in [-0.39, 0.29) is 0 Å². The SMILES string of the molecule is C1CNCN1.c1cocn1.c1conn1. The van der Waals surface area contributed by atoms with Gasteiger partial charge in [0.25, 0.3) is 0 Å². The highest BCUT2D eigenvalue weighted by molar-refractivity contribution is 4.56. The van der Waals surface area contributed by atoms with Crippen molar-refractivity contribution in [2.24, 2.45) is 0 Å². The number of hydrogen-bond donors (Lipinski definition) is 2. The molecule has 1 fully saturated rings. The van der Waals surface area contributed by atoms with E-state index in [0.717, 1.165) is 19.8 Å². The van der Waals surface area contributed by atoms with E-state index in [4.69, 9.17) is 0 Å². The summed E-state index contributed by atoms with van der Waals surface area (Å²) in [6.07, 6.45) is 7.35. The lowest BCUT2D eigenvalue weighted by Gasteiger charge is -1.77. The molecule has 0 amide bonds. The van der Waals surface area contributed by atoms with Crippen LogP contribution in [0.1, 0.15) is 0 Å². The van der Waals surface area contributed by atoms with Gasteiger partial charge in [-0.05, 0) is 0 Å². The van der Waals surface area contributed by atoms with Crippen LogP contribution in [0.3, 0.4) is 0 Å². The van der Waals surface area contributed by atoms with Crippen molar-refractivity contribution >= 4 is 0 Å². The van der Waals surface area contributed by atoms with E-state index >= 15 is 0 Å². The van der Waals surface area contributed by atoms with Crippen LogP contribution in [0.4, 0.5) is 0 Å². The zero-order valence-electron chi connectivity index (χ0n) is 8.17. The molecule has 2 aromatic heterocycles. The fraction of sp³-hybridized carbons (Fsp3) is 0.375. The van der Waals surface area contributed by atoms with Crippen molar-refractivity contribution in [3.05, 3.63) is 31.3 Å². The molecule has 3 heterocycles. The molecule has 7 heteroatoms. The molecule has 0 aliphatic carbocycles. The highest BCUT2D eigenvalue weighted by Gasteiger charge is 1.90. The lowest BCUT2D eigenvalue weighted by atomic mass is 10.7. The highest BCUT2D eigenvalue weighted by atomic mass is 16.5. The summed E-state index contributed by atoms with van der Waals surface area (Å²) in [4.78, 5) is 3.56. The number of rotatable bonds is 0. The maximum Gasteiger partial charge on any atom is 0.180 e. The van der Waals surface area contributed by atoms with Crippen molar-refractivity contribution in [3.63, 3.8) is 0 Å². The van der Waals surface area contributed by atoms with Crippen LogP contribution in [0.25, 0.3) is 0 Å². The molecule has 7 nitrogen and oxygen atoms in total. The Morgan fingerprint density at radius 1 is 1.07 bits per heavy atom. The lowest BCUT2D eigenvalue weighted by Crippen LogP contribution is -2.11. The van der Waals surface area contributed by atoms with Crippen molar-refractivity contribution in [1.29, 1.82) is 0 Å². The first-order valence-corrected chi connectivity index (χ1v) is 4.45. The van der Waals surface area contributed by atoms with Crippen molar-refractivity contribution < 1.29 is 8.94 Å². The molecule has 0 radical (unpaired) electrons. The van der Waals surface area contributed by atoms with Gasteiger partial charge in [0.05, 0.1) is 12.4 Å². The summed E-state index contributed by atoms with van der Waals surface area (Å²) in [7, 11) is 0. The molecule has 82 valence electrons. The Kier molecular flexibility index (Phi) is 6.69. The van der Waals surface area contributed by atoms with Crippen LogP contribution in [0.2, 0.25) is 0 Å². The van der Waals surface area contributed by atoms with Crippen LogP contribution in [0.15, 0.2) is 40.3 Å². The van der Waals surface area contributed by atoms with Gasteiger partial charge in [-0.2, -0.15) is 0 Å². The van der Waals surface area contributed by atoms with Gasteiger partial charge in [0.15, 0.2) is 6.39 Å². The van der Waals surface area contributed by atoms with Crippen molar-refractivity contribution in [1.82, 2.24) is 26.0 Å². The summed E-state index contributed by atoms with van der Waals surface area (Å²) < 4.78 is 8.69. The van der Waals surface area contributed by atoms with Crippen LogP contribution in [0.5, 0.6) is 0 Å². The number of oxazole rings is 1. The zero-order chi connectivity index (χ0) is 10.6. The van der Waals surface area contributed by atoms with E-state index in [9.17, 15) is 0 Å². The summed E-state index contributed by atoms with van der Waals surface area (Å²) in [5.41, 5.74) is 0. The van der Waals surface area contributed by atoms with Gasteiger partial charge in [-0.15, -0.1) is 5.10 Å². The molecule has 0 saturated carbocycles. The molecule has 0 bridgehead atoms. The average Bonchev–Trinajstić information content (AvgIpc) is 3.09. The second-order valence-corrected chi connectivity index (χ2v) is 2.44. The Hall–Kier alpha value is -1.73. The van der Waals surface area contributed by atoms with Gasteiger partial charge in [-0.1, -0.05) is 0 Å². The minimum atomic E-state index is 1.00. The summed E-state index contributed by atoms with van der Waals surface area (Å²) >= 11 is 0. The van der Waals surface area contributed by atoms with Gasteiger partial charge in [0.1, 0.15) is 12.5 Å². The van der Waals surface area contributed by atoms with Crippen LogP contribution >= 0.6 is 0 Å². The van der Waals surface area contributed by atoms with Gasteiger partial charge < -0.3 is 19.6 Å². The smallest absolute Gasteiger partial charge is 0.180 e. The van der Waals surface area contributed by atoms with Crippen LogP contribution in [-0.2, 0) is 0 Å². The summed E-state index contributed by atoms with van der Waals surface area (Å²) in [6.45, 7) is 3.28. The van der Waals surface area contributed by atoms with Crippen molar-refractivity contribution in [2.45, 2.75) is 0 Å². The molecule has 3 rings (SSSR count). The molecule has 0 atom stereocenters. The molecule has 1 saturated heterocycles. The Balaban J connectivity index is 0.000000112. The predicted molar refractivity (Wildman–Crippen MR) is 51.7 cm³/mol. The first kappa shape index (κ1) is 11.3. The van der Waals surface area contributed by atoms with Gasteiger partial charge in [0, 0.05) is 25.0 Å². The van der Waals surface area contributed by atoms with E-state index in [1.807, 2.05) is 0 Å². The summed E-state index contributed by atoms with van der Waals surface area (Å²) in [5, 5.41) is 12.6. The topological polar surface area (TPSA) is 89.0 Å². The normalized spacial score (nSPS) is 13.3. The summed E-state index contributed by atoms with van der Waals surface area (Å²) in [5.74, 6) is 0. The lowest BCUT2D eigenvalue weighted by molar-refractivity contribution is 0.393. The van der Waals surface area contributed by atoms with Crippen LogP contribution in [0, 0.1) is 0 Å². The highest BCUT2D eigenvalue weighted by Crippen LogP contribution is 1.72. The van der Waals surface area contributed by atoms with E-state index < -0.39 is 0 Å². The number of nitrogens with one attached hydrogen (secondary N) is 2. The molecule has 2 N–H and O–H groups in total. The molecule has 1 aliphatic heterocycles. The molecule has 0 aromatic carbocycles. The number of aromatic nitrogens is 3. The van der Waals surface area contributed by atoms with E-state index in [1.54, 1.807) is 6.20 Å². The average molecular weight is 211 g/mol. The second kappa shape index (κ2) is 8.85. The molecular formula is C8H13N5O2. The Bertz CT molecular complexity index is 212. The third-order valence-electron chi connectivity index (χ3n) is 1.36. The third-order valence-corrected chi connectivity index (χ3v) is 1.36. The second-order valence-electron chi connectivity index (χ2n) is 2.44. The van der Waals surface area contributed by atoms with Crippen molar-refractivity contribution in [3.8, 4) is 0 Å². The zero-order valence-corrected chi connectivity index (χ0v) is 8.17. The number of nitrogens with zero attached hydrogens (tertiary/aromatic N) is 3. The van der Waals surface area contributed by atoms with Crippen LogP contribution < -0.4 is 10.6 Å². The monoisotopic (exact) mass is 211 g/mol. The Morgan fingerprint density at radius 3 is 2.13 bits per heavy atom. The van der Waals surface area contributed by atoms with Crippen molar-refractivity contribution in [2.75, 3.05) is 19.8 Å². The predicted octanol–water partition coefficient (Wildman–Crippen LogP) is -0.119. The minimum Gasteiger partial charge on any atom is -0.452 e. The molecule has 2 aromatic rings. The third kappa shape index (κ3) is 7.35. The van der Waals surface area contributed by atoms with Gasteiger partial charge in [-0.25, -0.2) is 4.98 Å². The maximum absolute atomic E-state index is 4.47. The van der Waals surface area contributed by atoms with Gasteiger partial charge in [0.2, 0.25) is 0 Å². The van der Waals surface area contributed by atoms with Crippen LogP contribution in [-0.4, -0.2) is 35.1 Å². The fourth-order valence-electron chi connectivity index (χ4n) is 0.754.